The minimum atomic E-state index is 0.117. The number of nitrogens with zero attached hydrogens (tertiary/aromatic N) is 1. The molecule has 0 fully saturated rings. The minimum Gasteiger partial charge on any atom is -0.311 e. The normalized spacial score (nSPS) is 12.5. The predicted molar refractivity (Wildman–Crippen MR) is 391 cm³/mol. The van der Waals surface area contributed by atoms with Crippen molar-refractivity contribution in [2.45, 2.75) is 222 Å². The first kappa shape index (κ1) is 66.2. The van der Waals surface area contributed by atoms with Gasteiger partial charge in [0.15, 0.2) is 0 Å². The Morgan fingerprint density at radius 1 is 0.315 bits per heavy atom. The molecular weight excluding hydrogens is 1070 g/mol. The Bertz CT molecular complexity index is 3630. The van der Waals surface area contributed by atoms with Gasteiger partial charge in [-0.05, 0) is 211 Å². The molecule has 1 unspecified atom stereocenters. The largest absolute Gasteiger partial charge is 0.311 e. The molecule has 0 heterocycles. The van der Waals surface area contributed by atoms with Crippen LogP contribution in [0.4, 0.5) is 17.1 Å². The number of hydrogen-bond donors (Lipinski definition) is 0. The fourth-order valence-corrected chi connectivity index (χ4v) is 14.2. The fraction of sp³-hybridized carbons (Fsp3) is 0.386. The van der Waals surface area contributed by atoms with Gasteiger partial charge < -0.3 is 4.90 Å². The summed E-state index contributed by atoms with van der Waals surface area (Å²) in [5.74, 6) is 0.566. The van der Waals surface area contributed by atoms with E-state index in [4.69, 9.17) is 0 Å². The van der Waals surface area contributed by atoms with E-state index >= 15 is 0 Å². The lowest BCUT2D eigenvalue weighted by molar-refractivity contribution is 0.398. The molecule has 464 valence electrons. The van der Waals surface area contributed by atoms with Gasteiger partial charge in [0, 0.05) is 22.5 Å². The molecule has 1 heteroatoms. The second kappa shape index (κ2) is 32.5. The number of hydrogen-bond acceptors (Lipinski definition) is 1. The van der Waals surface area contributed by atoms with E-state index in [9.17, 15) is 0 Å². The van der Waals surface area contributed by atoms with Gasteiger partial charge in [0.2, 0.25) is 0 Å². The number of benzene rings is 9. The molecule has 1 atom stereocenters. The third kappa shape index (κ3) is 16.8. The van der Waals surface area contributed by atoms with Crippen molar-refractivity contribution in [3.8, 4) is 55.6 Å². The van der Waals surface area contributed by atoms with Crippen LogP contribution in [0.5, 0.6) is 0 Å². The van der Waals surface area contributed by atoms with Gasteiger partial charge in [-0.25, -0.2) is 0 Å². The summed E-state index contributed by atoms with van der Waals surface area (Å²) in [6.45, 7) is 24.7. The SMILES string of the molecule is CCC(C)c1ccc(N(c2ccc(C)cc2)c2ccc(-c3ccc(-c4ccc(C)cc4C)c(C)c3)cc2)cc1.CCCCCCCCC1(CCCCCCCC)c2cc(C)ccc2-c2ccc(-c3ccc(-c4ccc(C)cc4)c(CCCCCCC)c3)cc21. The van der Waals surface area contributed by atoms with Crippen molar-refractivity contribution >= 4 is 17.1 Å². The first-order chi connectivity index (χ1) is 43.3. The molecule has 0 spiro atoms. The number of fused-ring (bicyclic) bond motifs is 3. The van der Waals surface area contributed by atoms with E-state index in [0.29, 0.717) is 5.92 Å². The Balaban J connectivity index is 0.000000218. The molecule has 9 aromatic rings. The number of aryl methyl sites for hydroxylation is 7. The van der Waals surface area contributed by atoms with Crippen LogP contribution in [-0.4, -0.2) is 0 Å². The lowest BCUT2D eigenvalue weighted by Crippen LogP contribution is -2.25. The van der Waals surface area contributed by atoms with Crippen molar-refractivity contribution in [2.24, 2.45) is 0 Å². The first-order valence-electron chi connectivity index (χ1n) is 35.1. The summed E-state index contributed by atoms with van der Waals surface area (Å²) in [7, 11) is 0. The van der Waals surface area contributed by atoms with E-state index < -0.39 is 0 Å². The average molecular weight is 1180 g/mol. The quantitative estimate of drug-likeness (QED) is 0.0423. The van der Waals surface area contributed by atoms with Crippen molar-refractivity contribution in [2.75, 3.05) is 4.90 Å². The molecule has 0 saturated heterocycles. The standard InChI is InChI=1S/C50H68.C38H39N/c1-6-9-12-15-18-21-34-50(35-22-19-16-13-10-7-2)48-36-40(5)26-31-46(48)47-33-30-43(38-49(47)50)42-29-32-45(41-27-24-39(4)25-28-41)44(37-42)23-20-17-14-11-8-3;1-7-28(4)31-11-18-35(19-12-31)39(34-16-8-26(2)9-17-34)36-20-13-32(14-21-36)33-15-23-38(30(6)25-33)37-22-10-27(3)24-29(37)5/h24-33,36-38H,6-23,34-35H2,1-5H3;8-25,28H,7H2,1-6H3. The molecule has 1 aliphatic carbocycles. The highest BCUT2D eigenvalue weighted by Gasteiger charge is 2.42. The molecule has 0 bridgehead atoms. The lowest BCUT2D eigenvalue weighted by atomic mass is 9.70. The zero-order chi connectivity index (χ0) is 62.7. The number of rotatable bonds is 29. The van der Waals surface area contributed by atoms with E-state index in [-0.39, 0.29) is 5.41 Å². The molecule has 0 aromatic heterocycles. The van der Waals surface area contributed by atoms with Crippen LogP contribution in [0.1, 0.15) is 225 Å². The lowest BCUT2D eigenvalue weighted by Gasteiger charge is -2.33. The van der Waals surface area contributed by atoms with Gasteiger partial charge >= 0.3 is 0 Å². The van der Waals surface area contributed by atoms with E-state index in [1.807, 2.05) is 0 Å². The Hall–Kier alpha value is -7.22. The summed E-state index contributed by atoms with van der Waals surface area (Å²) in [4.78, 5) is 2.35. The van der Waals surface area contributed by atoms with Crippen LogP contribution in [0.3, 0.4) is 0 Å². The van der Waals surface area contributed by atoms with Gasteiger partial charge in [-0.1, -0.05) is 305 Å². The summed E-state index contributed by atoms with van der Waals surface area (Å²) < 4.78 is 0. The van der Waals surface area contributed by atoms with Crippen LogP contribution in [0, 0.1) is 41.5 Å². The van der Waals surface area contributed by atoms with Gasteiger partial charge in [-0.15, -0.1) is 0 Å². The van der Waals surface area contributed by atoms with E-state index in [1.54, 1.807) is 11.1 Å². The third-order valence-electron chi connectivity index (χ3n) is 19.8. The Morgan fingerprint density at radius 2 is 0.697 bits per heavy atom. The van der Waals surface area contributed by atoms with Gasteiger partial charge in [0.05, 0.1) is 0 Å². The van der Waals surface area contributed by atoms with Gasteiger partial charge in [0.1, 0.15) is 0 Å². The summed E-state index contributed by atoms with van der Waals surface area (Å²) in [6, 6.07) is 71.8. The average Bonchev–Trinajstić information content (AvgIpc) is 1.59. The highest BCUT2D eigenvalue weighted by atomic mass is 15.1. The highest BCUT2D eigenvalue weighted by molar-refractivity contribution is 5.85. The predicted octanol–water partition coefficient (Wildman–Crippen LogP) is 27.2. The zero-order valence-electron chi connectivity index (χ0n) is 56.8. The molecule has 1 aliphatic rings. The monoisotopic (exact) mass is 1180 g/mol. The van der Waals surface area contributed by atoms with Crippen LogP contribution in [-0.2, 0) is 11.8 Å². The fourth-order valence-electron chi connectivity index (χ4n) is 14.2. The maximum atomic E-state index is 2.64. The molecular formula is C88H107N. The van der Waals surface area contributed by atoms with Crippen LogP contribution >= 0.6 is 0 Å². The summed E-state index contributed by atoms with van der Waals surface area (Å²) >= 11 is 0. The third-order valence-corrected chi connectivity index (χ3v) is 19.8. The van der Waals surface area contributed by atoms with Crippen molar-refractivity contribution in [3.63, 3.8) is 0 Å². The maximum absolute atomic E-state index is 2.64. The van der Waals surface area contributed by atoms with E-state index in [1.165, 1.54) is 234 Å². The second-order valence-corrected chi connectivity index (χ2v) is 26.8. The Morgan fingerprint density at radius 3 is 1.24 bits per heavy atom. The Kier molecular flexibility index (Phi) is 24.2. The molecule has 0 saturated carbocycles. The van der Waals surface area contributed by atoms with Crippen molar-refractivity contribution in [1.82, 2.24) is 0 Å². The molecule has 0 amide bonds. The van der Waals surface area contributed by atoms with Crippen molar-refractivity contribution in [3.05, 3.63) is 244 Å². The summed E-state index contributed by atoms with van der Waals surface area (Å²) in [5, 5.41) is 0. The zero-order valence-corrected chi connectivity index (χ0v) is 56.8. The van der Waals surface area contributed by atoms with Crippen LogP contribution in [0.2, 0.25) is 0 Å². The van der Waals surface area contributed by atoms with Gasteiger partial charge in [-0.3, -0.25) is 0 Å². The van der Waals surface area contributed by atoms with Crippen LogP contribution < -0.4 is 4.90 Å². The van der Waals surface area contributed by atoms with E-state index in [2.05, 4.69) is 269 Å². The molecule has 1 nitrogen and oxygen atoms in total. The summed E-state index contributed by atoms with van der Waals surface area (Å²) in [5.41, 5.74) is 31.3. The molecule has 9 aromatic carbocycles. The molecule has 0 aliphatic heterocycles. The molecule has 0 N–H and O–H groups in total. The number of unbranched alkanes of at least 4 members (excludes halogenated alkanes) is 14. The smallest absolute Gasteiger partial charge is 0.0462 e. The summed E-state index contributed by atoms with van der Waals surface area (Å²) in [6.07, 6.45) is 27.7. The topological polar surface area (TPSA) is 3.24 Å². The van der Waals surface area contributed by atoms with Gasteiger partial charge in [0.25, 0.3) is 0 Å². The van der Waals surface area contributed by atoms with Crippen molar-refractivity contribution < 1.29 is 0 Å². The molecule has 0 radical (unpaired) electrons. The van der Waals surface area contributed by atoms with Gasteiger partial charge in [-0.2, -0.15) is 0 Å². The van der Waals surface area contributed by atoms with Crippen LogP contribution in [0.15, 0.2) is 188 Å². The molecule has 10 rings (SSSR count). The minimum absolute atomic E-state index is 0.117. The number of anilines is 3. The molecule has 89 heavy (non-hydrogen) atoms. The van der Waals surface area contributed by atoms with Crippen LogP contribution in [0.25, 0.3) is 55.6 Å². The second-order valence-electron chi connectivity index (χ2n) is 26.8. The first-order valence-corrected chi connectivity index (χ1v) is 35.1. The maximum Gasteiger partial charge on any atom is 0.0462 e. The Labute approximate surface area is 540 Å². The highest BCUT2D eigenvalue weighted by Crippen LogP contribution is 2.55. The van der Waals surface area contributed by atoms with Crippen molar-refractivity contribution in [1.29, 1.82) is 0 Å². The van der Waals surface area contributed by atoms with E-state index in [0.717, 1.165) is 18.5 Å².